The van der Waals surface area contributed by atoms with Gasteiger partial charge in [-0.1, -0.05) is 65.1 Å². The van der Waals surface area contributed by atoms with E-state index in [1.165, 1.54) is 0 Å². The van der Waals surface area contributed by atoms with Crippen LogP contribution in [0.4, 0.5) is 0 Å². The average Bonchev–Trinajstić information content (AvgIpc) is 2.67. The second-order valence-electron chi connectivity index (χ2n) is 3.16. The van der Waals surface area contributed by atoms with Crippen molar-refractivity contribution in [1.29, 1.82) is 0 Å². The van der Waals surface area contributed by atoms with E-state index in [-0.39, 0.29) is 12.0 Å². The van der Waals surface area contributed by atoms with Crippen LogP contribution < -0.4 is 0 Å². The highest BCUT2D eigenvalue weighted by Crippen LogP contribution is 2.34. The number of halogens is 3. The normalized spacial score (nSPS) is 21.0. The van der Waals surface area contributed by atoms with Gasteiger partial charge in [0.05, 0.1) is 6.54 Å². The van der Waals surface area contributed by atoms with Gasteiger partial charge in [-0.25, -0.2) is 4.99 Å². The Morgan fingerprint density at radius 1 is 1.20 bits per heavy atom. The van der Waals surface area contributed by atoms with Crippen molar-refractivity contribution >= 4 is 40.7 Å². The van der Waals surface area contributed by atoms with E-state index < -0.39 is 3.79 Å². The van der Waals surface area contributed by atoms with E-state index >= 15 is 0 Å². The van der Waals surface area contributed by atoms with E-state index in [1.807, 2.05) is 30.3 Å². The lowest BCUT2D eigenvalue weighted by Gasteiger charge is -2.14. The molecule has 80 valence electrons. The SMILES string of the molecule is ClC(Cl)(Cl)C1=NCC(c2ccccc2)O1. The second-order valence-corrected chi connectivity index (χ2v) is 5.44. The minimum atomic E-state index is -1.57. The van der Waals surface area contributed by atoms with Crippen LogP contribution in [0, 0.1) is 0 Å². The monoisotopic (exact) mass is 263 g/mol. The maximum absolute atomic E-state index is 5.67. The van der Waals surface area contributed by atoms with Crippen molar-refractivity contribution in [2.24, 2.45) is 4.99 Å². The van der Waals surface area contributed by atoms with Crippen molar-refractivity contribution in [3.05, 3.63) is 35.9 Å². The molecule has 2 nitrogen and oxygen atoms in total. The molecule has 2 rings (SSSR count). The summed E-state index contributed by atoms with van der Waals surface area (Å²) in [6.07, 6.45) is -0.142. The number of benzene rings is 1. The fourth-order valence-electron chi connectivity index (χ4n) is 1.37. The Morgan fingerprint density at radius 3 is 2.40 bits per heavy atom. The molecule has 0 N–H and O–H groups in total. The lowest BCUT2D eigenvalue weighted by molar-refractivity contribution is 0.226. The Bertz CT molecular complexity index is 372. The van der Waals surface area contributed by atoms with E-state index in [0.29, 0.717) is 6.54 Å². The molecule has 0 aromatic heterocycles. The van der Waals surface area contributed by atoms with Crippen LogP contribution in [-0.2, 0) is 4.74 Å². The number of nitrogens with zero attached hydrogens (tertiary/aromatic N) is 1. The third kappa shape index (κ3) is 2.57. The summed E-state index contributed by atoms with van der Waals surface area (Å²) >= 11 is 17.0. The summed E-state index contributed by atoms with van der Waals surface area (Å²) in [6, 6.07) is 9.73. The largest absolute Gasteiger partial charge is 0.468 e. The van der Waals surface area contributed by atoms with E-state index in [2.05, 4.69) is 4.99 Å². The molecule has 0 aliphatic carbocycles. The summed E-state index contributed by atoms with van der Waals surface area (Å²) in [5, 5.41) is 0. The highest BCUT2D eigenvalue weighted by Gasteiger charge is 2.36. The van der Waals surface area contributed by atoms with Crippen LogP contribution in [0.5, 0.6) is 0 Å². The summed E-state index contributed by atoms with van der Waals surface area (Å²) < 4.78 is 3.90. The van der Waals surface area contributed by atoms with Gasteiger partial charge in [0.2, 0.25) is 5.90 Å². The highest BCUT2D eigenvalue weighted by molar-refractivity contribution is 6.76. The molecule has 1 aliphatic rings. The van der Waals surface area contributed by atoms with E-state index in [1.54, 1.807) is 0 Å². The Kier molecular flexibility index (Phi) is 3.10. The third-order valence-corrected chi connectivity index (χ3v) is 2.55. The standard InChI is InChI=1S/C10H8Cl3NO/c11-10(12,13)9-14-6-8(15-9)7-4-2-1-3-5-7/h1-5,8H,6H2. The van der Waals surface area contributed by atoms with E-state index in [9.17, 15) is 0 Å². The van der Waals surface area contributed by atoms with Crippen LogP contribution in [0.25, 0.3) is 0 Å². The summed E-state index contributed by atoms with van der Waals surface area (Å²) in [5.41, 5.74) is 1.03. The minimum Gasteiger partial charge on any atom is -0.468 e. The van der Waals surface area contributed by atoms with Gasteiger partial charge in [-0.2, -0.15) is 0 Å². The Balaban J connectivity index is 2.09. The van der Waals surface area contributed by atoms with Gasteiger partial charge in [0.15, 0.2) is 0 Å². The Labute approximate surface area is 103 Å². The molecule has 0 radical (unpaired) electrons. The van der Waals surface area contributed by atoms with Gasteiger partial charge in [-0.3, -0.25) is 0 Å². The predicted molar refractivity (Wildman–Crippen MR) is 62.9 cm³/mol. The van der Waals surface area contributed by atoms with Gasteiger partial charge in [-0.15, -0.1) is 0 Å². The topological polar surface area (TPSA) is 21.6 Å². The molecule has 0 fully saturated rings. The van der Waals surface area contributed by atoms with Crippen LogP contribution in [0.3, 0.4) is 0 Å². The first kappa shape index (κ1) is 11.1. The molecule has 0 saturated heterocycles. The molecule has 5 heteroatoms. The zero-order chi connectivity index (χ0) is 10.9. The Hall–Kier alpha value is -0.440. The number of hydrogen-bond donors (Lipinski definition) is 0. The maximum Gasteiger partial charge on any atom is 0.266 e. The molecule has 1 unspecified atom stereocenters. The number of rotatable bonds is 1. The van der Waals surface area contributed by atoms with Crippen molar-refractivity contribution in [1.82, 2.24) is 0 Å². The first-order chi connectivity index (χ1) is 7.07. The molecule has 1 aromatic carbocycles. The Morgan fingerprint density at radius 2 is 1.87 bits per heavy atom. The van der Waals surface area contributed by atoms with E-state index in [4.69, 9.17) is 39.5 Å². The van der Waals surface area contributed by atoms with Crippen LogP contribution in [-0.4, -0.2) is 16.2 Å². The average molecular weight is 265 g/mol. The van der Waals surface area contributed by atoms with Gasteiger partial charge in [0.1, 0.15) is 6.10 Å². The minimum absolute atomic E-state index is 0.142. The number of alkyl halides is 3. The molecule has 1 atom stereocenters. The van der Waals surface area contributed by atoms with E-state index in [0.717, 1.165) is 5.56 Å². The van der Waals surface area contributed by atoms with Gasteiger partial charge < -0.3 is 4.74 Å². The van der Waals surface area contributed by atoms with Crippen LogP contribution in [0.2, 0.25) is 0 Å². The molecule has 1 aliphatic heterocycles. The lowest BCUT2D eigenvalue weighted by Crippen LogP contribution is -2.19. The van der Waals surface area contributed by atoms with Gasteiger partial charge >= 0.3 is 0 Å². The molecule has 15 heavy (non-hydrogen) atoms. The fraction of sp³-hybridized carbons (Fsp3) is 0.300. The van der Waals surface area contributed by atoms with Crippen molar-refractivity contribution in [2.75, 3.05) is 6.54 Å². The van der Waals surface area contributed by atoms with Gasteiger partial charge in [-0.05, 0) is 5.56 Å². The van der Waals surface area contributed by atoms with Crippen molar-refractivity contribution < 1.29 is 4.74 Å². The first-order valence-electron chi connectivity index (χ1n) is 4.40. The molecule has 1 heterocycles. The zero-order valence-electron chi connectivity index (χ0n) is 7.66. The van der Waals surface area contributed by atoms with Crippen molar-refractivity contribution in [3.8, 4) is 0 Å². The third-order valence-electron chi connectivity index (χ3n) is 2.07. The highest BCUT2D eigenvalue weighted by atomic mass is 35.6. The summed E-state index contributed by atoms with van der Waals surface area (Å²) in [6.45, 7) is 0.493. The van der Waals surface area contributed by atoms with Gasteiger partial charge in [0, 0.05) is 0 Å². The number of hydrogen-bond acceptors (Lipinski definition) is 2. The van der Waals surface area contributed by atoms with Gasteiger partial charge in [0.25, 0.3) is 3.79 Å². The number of aliphatic imine (C=N–C) groups is 1. The predicted octanol–water partition coefficient (Wildman–Crippen LogP) is 3.53. The second kappa shape index (κ2) is 4.20. The van der Waals surface area contributed by atoms with Crippen molar-refractivity contribution in [2.45, 2.75) is 9.90 Å². The summed E-state index contributed by atoms with van der Waals surface area (Å²) in [4.78, 5) is 4.06. The van der Waals surface area contributed by atoms with Crippen molar-refractivity contribution in [3.63, 3.8) is 0 Å². The molecule has 0 amide bonds. The molecular formula is C10H8Cl3NO. The summed E-state index contributed by atoms with van der Waals surface area (Å²) in [5.74, 6) is 0.168. The fourth-order valence-corrected chi connectivity index (χ4v) is 1.69. The molecule has 0 bridgehead atoms. The number of ether oxygens (including phenoxy) is 1. The molecule has 0 spiro atoms. The smallest absolute Gasteiger partial charge is 0.266 e. The zero-order valence-corrected chi connectivity index (χ0v) is 9.93. The quantitative estimate of drug-likeness (QED) is 0.711. The maximum atomic E-state index is 5.67. The lowest BCUT2D eigenvalue weighted by atomic mass is 10.1. The van der Waals surface area contributed by atoms with Crippen LogP contribution in [0.15, 0.2) is 35.3 Å². The van der Waals surface area contributed by atoms with Crippen LogP contribution >= 0.6 is 34.8 Å². The summed E-state index contributed by atoms with van der Waals surface area (Å²) in [7, 11) is 0. The molecule has 0 saturated carbocycles. The first-order valence-corrected chi connectivity index (χ1v) is 5.54. The van der Waals surface area contributed by atoms with Crippen LogP contribution in [0.1, 0.15) is 11.7 Å². The molecular weight excluding hydrogens is 256 g/mol. The molecule has 1 aromatic rings.